The second-order valence-electron chi connectivity index (χ2n) is 3.41. The summed E-state index contributed by atoms with van der Waals surface area (Å²) in [4.78, 5) is 0. The van der Waals surface area contributed by atoms with Crippen LogP contribution in [0.3, 0.4) is 0 Å². The molecule has 5 heteroatoms. The van der Waals surface area contributed by atoms with Crippen LogP contribution in [-0.2, 0) is 0 Å². The van der Waals surface area contributed by atoms with E-state index in [2.05, 4.69) is 5.32 Å². The average molecular weight is 204 g/mol. The maximum Gasteiger partial charge on any atom is 0.124 e. The molecular weight excluding hydrogens is 184 g/mol. The Hall–Kier alpha value is -0.460. The van der Waals surface area contributed by atoms with Gasteiger partial charge in [0.1, 0.15) is 6.23 Å². The molecule has 6 N–H and O–H groups in total. The zero-order valence-corrected chi connectivity index (χ0v) is 8.86. The van der Waals surface area contributed by atoms with Gasteiger partial charge in [-0.15, -0.1) is 0 Å². The summed E-state index contributed by atoms with van der Waals surface area (Å²) >= 11 is 0. The van der Waals surface area contributed by atoms with Crippen molar-refractivity contribution in [2.45, 2.75) is 39.1 Å². The summed E-state index contributed by atoms with van der Waals surface area (Å²) < 4.78 is 0. The molecule has 0 aliphatic carbocycles. The van der Waals surface area contributed by atoms with Gasteiger partial charge in [0, 0.05) is 6.04 Å². The molecule has 0 aliphatic heterocycles. The van der Waals surface area contributed by atoms with Gasteiger partial charge in [0.2, 0.25) is 0 Å². The van der Waals surface area contributed by atoms with Gasteiger partial charge in [-0.25, -0.2) is 0 Å². The van der Waals surface area contributed by atoms with E-state index in [1.807, 2.05) is 0 Å². The van der Waals surface area contributed by atoms with Crippen molar-refractivity contribution in [3.05, 3.63) is 11.1 Å². The Morgan fingerprint density at radius 2 is 1.79 bits per heavy atom. The number of nitrogens with one attached hydrogen (secondary N) is 1. The molecule has 0 aromatic rings. The summed E-state index contributed by atoms with van der Waals surface area (Å²) in [7, 11) is 0. The maximum atomic E-state index is 9.74. The van der Waals surface area contributed by atoms with Crippen LogP contribution < -0.4 is 11.1 Å². The number of hydrogen-bond acceptors (Lipinski definition) is 5. The topological polar surface area (TPSA) is 98.7 Å². The van der Waals surface area contributed by atoms with Gasteiger partial charge in [-0.1, -0.05) is 0 Å². The molecule has 0 bridgehead atoms. The Bertz CT molecular complexity index is 204. The van der Waals surface area contributed by atoms with Crippen LogP contribution in [0.5, 0.6) is 0 Å². The number of nitrogens with two attached hydrogens (primary N) is 1. The summed E-state index contributed by atoms with van der Waals surface area (Å²) in [5.74, 6) is 0. The van der Waals surface area contributed by atoms with Crippen molar-refractivity contribution < 1.29 is 15.3 Å². The van der Waals surface area contributed by atoms with E-state index in [0.717, 1.165) is 0 Å². The molecule has 0 fully saturated rings. The number of aliphatic hydroxyl groups excluding tert-OH is 3. The Morgan fingerprint density at radius 1 is 1.29 bits per heavy atom. The predicted octanol–water partition coefficient (Wildman–Crippen LogP) is -1.11. The lowest BCUT2D eigenvalue weighted by Crippen LogP contribution is -2.39. The van der Waals surface area contributed by atoms with Crippen LogP contribution in [-0.4, -0.2) is 40.4 Å². The van der Waals surface area contributed by atoms with Crippen molar-refractivity contribution in [1.82, 2.24) is 5.32 Å². The predicted molar refractivity (Wildman–Crippen MR) is 54.3 cm³/mol. The smallest absolute Gasteiger partial charge is 0.124 e. The molecule has 0 amide bonds. The molecule has 84 valence electrons. The van der Waals surface area contributed by atoms with Crippen LogP contribution in [0.25, 0.3) is 0 Å². The van der Waals surface area contributed by atoms with Crippen molar-refractivity contribution in [1.29, 1.82) is 0 Å². The van der Waals surface area contributed by atoms with Crippen LogP contribution >= 0.6 is 0 Å². The third-order valence-electron chi connectivity index (χ3n) is 2.40. The lowest BCUT2D eigenvalue weighted by molar-refractivity contribution is 0.137. The highest BCUT2D eigenvalue weighted by Crippen LogP contribution is 2.12. The van der Waals surface area contributed by atoms with E-state index in [1.54, 1.807) is 20.8 Å². The summed E-state index contributed by atoms with van der Waals surface area (Å²) in [6, 6.07) is -0.284. The van der Waals surface area contributed by atoms with Gasteiger partial charge in [0.15, 0.2) is 0 Å². The van der Waals surface area contributed by atoms with Gasteiger partial charge in [-0.05, 0) is 31.9 Å². The maximum absolute atomic E-state index is 9.74. The second-order valence-corrected chi connectivity index (χ2v) is 3.41. The lowest BCUT2D eigenvalue weighted by Gasteiger charge is -2.22. The Labute approximate surface area is 84.2 Å². The van der Waals surface area contributed by atoms with Gasteiger partial charge < -0.3 is 21.1 Å². The van der Waals surface area contributed by atoms with Crippen LogP contribution in [0, 0.1) is 0 Å². The SMILES string of the molecule is C/C(=C(/C)C(O)C(C)NCO)C(N)O. The highest BCUT2D eigenvalue weighted by molar-refractivity contribution is 5.18. The Morgan fingerprint density at radius 3 is 2.14 bits per heavy atom. The van der Waals surface area contributed by atoms with Crippen molar-refractivity contribution in [3.8, 4) is 0 Å². The van der Waals surface area contributed by atoms with Crippen molar-refractivity contribution in [3.63, 3.8) is 0 Å². The molecule has 14 heavy (non-hydrogen) atoms. The van der Waals surface area contributed by atoms with Crippen molar-refractivity contribution >= 4 is 0 Å². The molecule has 0 spiro atoms. The van der Waals surface area contributed by atoms with Gasteiger partial charge >= 0.3 is 0 Å². The van der Waals surface area contributed by atoms with Gasteiger partial charge in [-0.3, -0.25) is 5.32 Å². The quantitative estimate of drug-likeness (QED) is 0.289. The standard InChI is InChI=1S/C9H20N2O3/c1-5(6(2)9(10)14)8(13)7(3)11-4-12/h7-9,11-14H,4,10H2,1-3H3/b6-5+. The van der Waals surface area contributed by atoms with Crippen LogP contribution in [0.15, 0.2) is 11.1 Å². The monoisotopic (exact) mass is 204 g/mol. The molecule has 0 aliphatic rings. The molecule has 0 heterocycles. The minimum absolute atomic E-state index is 0.199. The van der Waals surface area contributed by atoms with Crippen LogP contribution in [0.4, 0.5) is 0 Å². The van der Waals surface area contributed by atoms with E-state index < -0.39 is 12.3 Å². The molecule has 0 saturated heterocycles. The van der Waals surface area contributed by atoms with Crippen LogP contribution in [0.2, 0.25) is 0 Å². The normalized spacial score (nSPS) is 19.9. The molecule has 3 unspecified atom stereocenters. The van der Waals surface area contributed by atoms with E-state index in [1.165, 1.54) is 0 Å². The Balaban J connectivity index is 4.51. The third kappa shape index (κ3) is 3.73. The number of aliphatic hydroxyl groups is 3. The van der Waals surface area contributed by atoms with Gasteiger partial charge in [0.25, 0.3) is 0 Å². The van der Waals surface area contributed by atoms with Crippen LogP contribution in [0.1, 0.15) is 20.8 Å². The molecule has 0 rings (SSSR count). The fraction of sp³-hybridized carbons (Fsp3) is 0.778. The highest BCUT2D eigenvalue weighted by Gasteiger charge is 2.18. The zero-order chi connectivity index (χ0) is 11.3. The minimum atomic E-state index is -1.05. The molecule has 0 aromatic carbocycles. The summed E-state index contributed by atoms with van der Waals surface area (Å²) in [5.41, 5.74) is 6.43. The summed E-state index contributed by atoms with van der Waals surface area (Å²) in [6.07, 6.45) is -1.81. The highest BCUT2D eigenvalue weighted by atomic mass is 16.3. The first kappa shape index (κ1) is 13.5. The molecule has 0 aromatic heterocycles. The second kappa shape index (κ2) is 6.10. The fourth-order valence-corrected chi connectivity index (χ4v) is 1.10. The first-order chi connectivity index (χ1) is 6.41. The summed E-state index contributed by atoms with van der Waals surface area (Å²) in [6.45, 7) is 4.90. The number of hydrogen-bond donors (Lipinski definition) is 5. The van der Waals surface area contributed by atoms with Gasteiger partial charge in [-0.2, -0.15) is 0 Å². The Kier molecular flexibility index (Phi) is 5.90. The van der Waals surface area contributed by atoms with Gasteiger partial charge in [0.05, 0.1) is 12.8 Å². The molecule has 0 radical (unpaired) electrons. The lowest BCUT2D eigenvalue weighted by atomic mass is 10.00. The molecule has 0 saturated carbocycles. The van der Waals surface area contributed by atoms with E-state index in [4.69, 9.17) is 15.9 Å². The van der Waals surface area contributed by atoms with E-state index in [9.17, 15) is 5.11 Å². The van der Waals surface area contributed by atoms with Crippen molar-refractivity contribution in [2.24, 2.45) is 5.73 Å². The minimum Gasteiger partial charge on any atom is -0.387 e. The average Bonchev–Trinajstić information content (AvgIpc) is 2.14. The molecule has 3 atom stereocenters. The first-order valence-corrected chi connectivity index (χ1v) is 4.55. The van der Waals surface area contributed by atoms with Crippen molar-refractivity contribution in [2.75, 3.05) is 6.73 Å². The number of rotatable bonds is 5. The van der Waals surface area contributed by atoms with E-state index in [-0.39, 0.29) is 12.8 Å². The zero-order valence-electron chi connectivity index (χ0n) is 8.86. The molecule has 5 nitrogen and oxygen atoms in total. The third-order valence-corrected chi connectivity index (χ3v) is 2.40. The largest absolute Gasteiger partial charge is 0.387 e. The summed E-state index contributed by atoms with van der Waals surface area (Å²) in [5, 5.41) is 30.1. The molecular formula is C9H20N2O3. The van der Waals surface area contributed by atoms with E-state index in [0.29, 0.717) is 11.1 Å². The van der Waals surface area contributed by atoms with E-state index >= 15 is 0 Å². The fourth-order valence-electron chi connectivity index (χ4n) is 1.10. The first-order valence-electron chi connectivity index (χ1n) is 4.55.